The lowest BCUT2D eigenvalue weighted by Gasteiger charge is -1.93. The number of amides is 1. The highest BCUT2D eigenvalue weighted by molar-refractivity contribution is 6.51. The van der Waals surface area contributed by atoms with Gasteiger partial charge in [-0.3, -0.25) is 4.79 Å². The summed E-state index contributed by atoms with van der Waals surface area (Å²) in [6, 6.07) is 0. The van der Waals surface area contributed by atoms with Crippen LogP contribution in [0.2, 0.25) is 0 Å². The van der Waals surface area contributed by atoms with Crippen LogP contribution in [0.15, 0.2) is 0 Å². The van der Waals surface area contributed by atoms with E-state index in [9.17, 15) is 4.79 Å². The number of carbonyl (C=O) groups is 1. The van der Waals surface area contributed by atoms with Gasteiger partial charge in [0.25, 0.3) is 0 Å². The molecule has 0 aromatic rings. The van der Waals surface area contributed by atoms with Crippen LogP contribution in [0.3, 0.4) is 0 Å². The molecule has 0 aromatic heterocycles. The number of carbonyl (C=O) groups excluding carboxylic acids is 1. The standard InChI is InChI=1S/C5H7Cl2NO/c6-5(7)2-3(5)1-4(8)9/h3H,1-2H2,(H2,8,9)/t3-/m0/s1. The van der Waals surface area contributed by atoms with E-state index in [0.29, 0.717) is 12.8 Å². The normalized spacial score (nSPS) is 29.8. The van der Waals surface area contributed by atoms with Gasteiger partial charge in [-0.05, 0) is 6.42 Å². The van der Waals surface area contributed by atoms with Crippen molar-refractivity contribution < 1.29 is 4.79 Å². The van der Waals surface area contributed by atoms with Gasteiger partial charge in [0, 0.05) is 12.3 Å². The number of primary amides is 1. The van der Waals surface area contributed by atoms with Crippen molar-refractivity contribution in [1.29, 1.82) is 0 Å². The van der Waals surface area contributed by atoms with Crippen molar-refractivity contribution in [3.05, 3.63) is 0 Å². The minimum Gasteiger partial charge on any atom is -0.370 e. The van der Waals surface area contributed by atoms with Gasteiger partial charge in [-0.2, -0.15) is 0 Å². The van der Waals surface area contributed by atoms with Crippen LogP contribution in [0, 0.1) is 5.92 Å². The second-order valence-corrected chi connectivity index (χ2v) is 3.87. The number of alkyl halides is 2. The van der Waals surface area contributed by atoms with E-state index in [2.05, 4.69) is 0 Å². The Balaban J connectivity index is 2.28. The number of hydrogen-bond acceptors (Lipinski definition) is 1. The van der Waals surface area contributed by atoms with E-state index in [1.54, 1.807) is 0 Å². The molecule has 1 atom stereocenters. The Labute approximate surface area is 63.3 Å². The first-order chi connectivity index (χ1) is 4.02. The molecule has 1 fully saturated rings. The average molecular weight is 168 g/mol. The van der Waals surface area contributed by atoms with Crippen LogP contribution in [0.1, 0.15) is 12.8 Å². The Bertz CT molecular complexity index is 146. The van der Waals surface area contributed by atoms with Crippen LogP contribution < -0.4 is 5.73 Å². The van der Waals surface area contributed by atoms with Crippen molar-refractivity contribution >= 4 is 29.1 Å². The molecule has 2 nitrogen and oxygen atoms in total. The van der Waals surface area contributed by atoms with Crippen molar-refractivity contribution in [3.8, 4) is 0 Å². The van der Waals surface area contributed by atoms with Crippen LogP contribution in [-0.2, 0) is 4.79 Å². The van der Waals surface area contributed by atoms with Crippen LogP contribution >= 0.6 is 23.2 Å². The number of rotatable bonds is 2. The van der Waals surface area contributed by atoms with Crippen molar-refractivity contribution in [2.24, 2.45) is 11.7 Å². The fraction of sp³-hybridized carbons (Fsp3) is 0.800. The maximum absolute atomic E-state index is 10.2. The van der Waals surface area contributed by atoms with Crippen molar-refractivity contribution in [1.82, 2.24) is 0 Å². The molecule has 1 rings (SSSR count). The SMILES string of the molecule is NC(=O)C[C@H]1CC1(Cl)Cl. The van der Waals surface area contributed by atoms with E-state index in [0.717, 1.165) is 0 Å². The van der Waals surface area contributed by atoms with Crippen LogP contribution in [0.4, 0.5) is 0 Å². The van der Waals surface area contributed by atoms with Gasteiger partial charge in [0.15, 0.2) is 0 Å². The third-order valence-electron chi connectivity index (χ3n) is 1.40. The van der Waals surface area contributed by atoms with Crippen molar-refractivity contribution in [2.45, 2.75) is 17.2 Å². The third-order valence-corrected chi connectivity index (χ3v) is 2.33. The summed E-state index contributed by atoms with van der Waals surface area (Å²) in [6.45, 7) is 0. The molecule has 0 unspecified atom stereocenters. The first-order valence-electron chi connectivity index (χ1n) is 2.68. The van der Waals surface area contributed by atoms with E-state index in [1.165, 1.54) is 0 Å². The molecule has 9 heavy (non-hydrogen) atoms. The van der Waals surface area contributed by atoms with Crippen LogP contribution in [-0.4, -0.2) is 10.2 Å². The minimum absolute atomic E-state index is 0.0957. The summed E-state index contributed by atoms with van der Waals surface area (Å²) in [5.74, 6) is -0.235. The third kappa shape index (κ3) is 1.73. The molecule has 4 heteroatoms. The van der Waals surface area contributed by atoms with E-state index in [4.69, 9.17) is 28.9 Å². The minimum atomic E-state index is -0.658. The Hall–Kier alpha value is 0.0500. The highest BCUT2D eigenvalue weighted by atomic mass is 35.5. The molecule has 0 spiro atoms. The molecule has 1 aliphatic rings. The summed E-state index contributed by atoms with van der Waals surface area (Å²) in [4.78, 5) is 10.2. The monoisotopic (exact) mass is 167 g/mol. The van der Waals surface area contributed by atoms with Gasteiger partial charge >= 0.3 is 0 Å². The lowest BCUT2D eigenvalue weighted by Crippen LogP contribution is -2.12. The maximum atomic E-state index is 10.2. The Morgan fingerprint density at radius 3 is 2.33 bits per heavy atom. The fourth-order valence-electron chi connectivity index (χ4n) is 0.734. The zero-order chi connectivity index (χ0) is 7.07. The zero-order valence-electron chi connectivity index (χ0n) is 4.73. The van der Waals surface area contributed by atoms with Gasteiger partial charge in [-0.15, -0.1) is 23.2 Å². The van der Waals surface area contributed by atoms with Gasteiger partial charge < -0.3 is 5.73 Å². The van der Waals surface area contributed by atoms with E-state index in [-0.39, 0.29) is 11.8 Å². The molecule has 0 saturated heterocycles. The fourth-order valence-corrected chi connectivity index (χ4v) is 1.26. The first-order valence-corrected chi connectivity index (χ1v) is 3.44. The van der Waals surface area contributed by atoms with Crippen LogP contribution in [0.5, 0.6) is 0 Å². The Morgan fingerprint density at radius 2 is 2.22 bits per heavy atom. The predicted molar refractivity (Wildman–Crippen MR) is 36.4 cm³/mol. The molecular weight excluding hydrogens is 161 g/mol. The maximum Gasteiger partial charge on any atom is 0.217 e. The second kappa shape index (κ2) is 2.03. The molecule has 0 heterocycles. The highest BCUT2D eigenvalue weighted by Crippen LogP contribution is 2.54. The molecule has 0 bridgehead atoms. The van der Waals surface area contributed by atoms with Crippen molar-refractivity contribution in [2.75, 3.05) is 0 Å². The smallest absolute Gasteiger partial charge is 0.217 e. The molecule has 1 amide bonds. The molecule has 1 saturated carbocycles. The Kier molecular flexibility index (Phi) is 1.61. The van der Waals surface area contributed by atoms with Crippen molar-refractivity contribution in [3.63, 3.8) is 0 Å². The molecule has 52 valence electrons. The second-order valence-electron chi connectivity index (χ2n) is 2.33. The lowest BCUT2D eigenvalue weighted by molar-refractivity contribution is -0.118. The molecule has 2 N–H and O–H groups in total. The number of nitrogens with two attached hydrogens (primary N) is 1. The van der Waals surface area contributed by atoms with Gasteiger partial charge in [0.1, 0.15) is 4.33 Å². The van der Waals surface area contributed by atoms with E-state index >= 15 is 0 Å². The summed E-state index contributed by atoms with van der Waals surface area (Å²) in [5.41, 5.74) is 4.90. The van der Waals surface area contributed by atoms with Crippen LogP contribution in [0.25, 0.3) is 0 Å². The van der Waals surface area contributed by atoms with Gasteiger partial charge in [0.05, 0.1) is 0 Å². The highest BCUT2D eigenvalue weighted by Gasteiger charge is 2.51. The number of hydrogen-bond donors (Lipinski definition) is 1. The summed E-state index contributed by atoms with van der Waals surface area (Å²) in [6.07, 6.45) is 1.01. The lowest BCUT2D eigenvalue weighted by atomic mass is 10.3. The van der Waals surface area contributed by atoms with Gasteiger partial charge in [-0.1, -0.05) is 0 Å². The van der Waals surface area contributed by atoms with Gasteiger partial charge in [-0.25, -0.2) is 0 Å². The number of halogens is 2. The van der Waals surface area contributed by atoms with Gasteiger partial charge in [0.2, 0.25) is 5.91 Å². The molecular formula is C5H7Cl2NO. The molecule has 0 aliphatic heterocycles. The Morgan fingerprint density at radius 1 is 1.78 bits per heavy atom. The molecule has 1 aliphatic carbocycles. The summed E-state index contributed by atoms with van der Waals surface area (Å²) < 4.78 is -0.658. The predicted octanol–water partition coefficient (Wildman–Crippen LogP) is 1.06. The largest absolute Gasteiger partial charge is 0.370 e. The molecule has 0 radical (unpaired) electrons. The summed E-state index contributed by atoms with van der Waals surface area (Å²) in [5, 5.41) is 0. The summed E-state index contributed by atoms with van der Waals surface area (Å²) >= 11 is 11.2. The first kappa shape index (κ1) is 7.16. The molecule has 0 aromatic carbocycles. The van der Waals surface area contributed by atoms with E-state index in [1.807, 2.05) is 0 Å². The average Bonchev–Trinajstić information content (AvgIpc) is 2.10. The quantitative estimate of drug-likeness (QED) is 0.615. The summed E-state index contributed by atoms with van der Waals surface area (Å²) in [7, 11) is 0. The van der Waals surface area contributed by atoms with E-state index < -0.39 is 4.33 Å². The zero-order valence-corrected chi connectivity index (χ0v) is 6.24. The topological polar surface area (TPSA) is 43.1 Å².